The lowest BCUT2D eigenvalue weighted by molar-refractivity contribution is -0.0156. The summed E-state index contributed by atoms with van der Waals surface area (Å²) in [6, 6.07) is 7.97. The molecule has 0 fully saturated rings. The van der Waals surface area contributed by atoms with Gasteiger partial charge in [0.2, 0.25) is 0 Å². The summed E-state index contributed by atoms with van der Waals surface area (Å²) in [4.78, 5) is 0. The first-order valence-corrected chi connectivity index (χ1v) is 11.3. The zero-order valence-electron chi connectivity index (χ0n) is 15.8. The van der Waals surface area contributed by atoms with E-state index in [1.165, 1.54) is 0 Å². The third-order valence-electron chi connectivity index (χ3n) is 5.08. The van der Waals surface area contributed by atoms with Gasteiger partial charge in [-0.2, -0.15) is 0 Å². The molecule has 1 heterocycles. The SMILES string of the molecule is C=C[C@]1(O[Si](C)(C)C(C)(C)C)C=C[C@@H](c2ccc(OC)cc2)OC1. The van der Waals surface area contributed by atoms with Crippen molar-refractivity contribution in [3.8, 4) is 5.75 Å². The summed E-state index contributed by atoms with van der Waals surface area (Å²) in [5.74, 6) is 0.847. The van der Waals surface area contributed by atoms with Gasteiger partial charge in [0.05, 0.1) is 13.7 Å². The summed E-state index contributed by atoms with van der Waals surface area (Å²) in [7, 11) is -0.249. The van der Waals surface area contributed by atoms with Crippen LogP contribution in [0.3, 0.4) is 0 Å². The van der Waals surface area contributed by atoms with Crippen LogP contribution in [0.15, 0.2) is 49.1 Å². The zero-order valence-corrected chi connectivity index (χ0v) is 16.8. The van der Waals surface area contributed by atoms with E-state index in [1.807, 2.05) is 30.3 Å². The van der Waals surface area contributed by atoms with E-state index in [0.29, 0.717) is 6.61 Å². The fourth-order valence-corrected chi connectivity index (χ4v) is 3.90. The molecular formula is C20H30O3Si. The first-order chi connectivity index (χ1) is 11.1. The van der Waals surface area contributed by atoms with E-state index in [-0.39, 0.29) is 11.1 Å². The van der Waals surface area contributed by atoms with Gasteiger partial charge in [-0.25, -0.2) is 0 Å². The Hall–Kier alpha value is -1.36. The molecule has 0 spiro atoms. The molecule has 4 heteroatoms. The summed E-state index contributed by atoms with van der Waals surface area (Å²) in [5, 5.41) is 0.143. The van der Waals surface area contributed by atoms with Crippen molar-refractivity contribution in [3.05, 3.63) is 54.6 Å². The highest BCUT2D eigenvalue weighted by Crippen LogP contribution is 2.41. The molecule has 0 saturated heterocycles. The molecule has 24 heavy (non-hydrogen) atoms. The minimum Gasteiger partial charge on any atom is -0.497 e. The minimum atomic E-state index is -1.92. The van der Waals surface area contributed by atoms with E-state index >= 15 is 0 Å². The zero-order chi connectivity index (χ0) is 18.0. The third-order valence-corrected chi connectivity index (χ3v) is 9.59. The van der Waals surface area contributed by atoms with Gasteiger partial charge < -0.3 is 13.9 Å². The number of hydrogen-bond acceptors (Lipinski definition) is 3. The standard InChI is InChI=1S/C20H30O3Si/c1-8-20(23-24(6,7)19(2,3)4)14-13-18(22-15-20)16-9-11-17(21-5)12-10-16/h8-14,18H,1,15H2,2-7H3/t18-,20-/m0/s1. The van der Waals surface area contributed by atoms with Gasteiger partial charge in [0.1, 0.15) is 17.5 Å². The second-order valence-corrected chi connectivity index (χ2v) is 12.6. The van der Waals surface area contributed by atoms with Crippen molar-refractivity contribution in [2.45, 2.75) is 50.6 Å². The van der Waals surface area contributed by atoms with Crippen LogP contribution in [0.4, 0.5) is 0 Å². The largest absolute Gasteiger partial charge is 0.497 e. The quantitative estimate of drug-likeness (QED) is 0.537. The number of ether oxygens (including phenoxy) is 2. The highest BCUT2D eigenvalue weighted by molar-refractivity contribution is 6.74. The summed E-state index contributed by atoms with van der Waals surface area (Å²) in [5.41, 5.74) is 0.573. The van der Waals surface area contributed by atoms with Crippen LogP contribution in [0.2, 0.25) is 18.1 Å². The van der Waals surface area contributed by atoms with Crippen molar-refractivity contribution in [1.29, 1.82) is 0 Å². The number of benzene rings is 1. The average Bonchev–Trinajstić information content (AvgIpc) is 2.54. The van der Waals surface area contributed by atoms with Gasteiger partial charge in [0, 0.05) is 0 Å². The van der Waals surface area contributed by atoms with E-state index in [1.54, 1.807) is 7.11 Å². The lowest BCUT2D eigenvalue weighted by Gasteiger charge is -2.44. The molecule has 0 saturated carbocycles. The minimum absolute atomic E-state index is 0.0630. The Balaban J connectivity index is 2.17. The summed E-state index contributed by atoms with van der Waals surface area (Å²) >= 11 is 0. The Morgan fingerprint density at radius 3 is 2.29 bits per heavy atom. The Labute approximate surface area is 147 Å². The van der Waals surface area contributed by atoms with Crippen LogP contribution in [-0.4, -0.2) is 27.6 Å². The predicted octanol–water partition coefficient (Wildman–Crippen LogP) is 5.27. The second-order valence-electron chi connectivity index (χ2n) is 7.89. The van der Waals surface area contributed by atoms with Crippen molar-refractivity contribution in [3.63, 3.8) is 0 Å². The molecule has 0 aromatic heterocycles. The fraction of sp³-hybridized carbons (Fsp3) is 0.500. The molecule has 0 unspecified atom stereocenters. The molecule has 1 aromatic rings. The smallest absolute Gasteiger partial charge is 0.193 e. The molecule has 0 N–H and O–H groups in total. The van der Waals surface area contributed by atoms with Crippen LogP contribution in [-0.2, 0) is 9.16 Å². The van der Waals surface area contributed by atoms with Crippen LogP contribution in [0.5, 0.6) is 5.75 Å². The van der Waals surface area contributed by atoms with Gasteiger partial charge in [-0.05, 0) is 41.9 Å². The van der Waals surface area contributed by atoms with Crippen LogP contribution in [0.25, 0.3) is 0 Å². The second kappa shape index (κ2) is 6.87. The van der Waals surface area contributed by atoms with Crippen molar-refractivity contribution in [2.75, 3.05) is 13.7 Å². The molecule has 1 aliphatic rings. The third kappa shape index (κ3) is 3.99. The molecule has 132 valence electrons. The van der Waals surface area contributed by atoms with Gasteiger partial charge in [0.25, 0.3) is 0 Å². The highest BCUT2D eigenvalue weighted by Gasteiger charge is 2.44. The first kappa shape index (κ1) is 19.0. The van der Waals surface area contributed by atoms with Crippen molar-refractivity contribution < 1.29 is 13.9 Å². The van der Waals surface area contributed by atoms with E-state index in [4.69, 9.17) is 13.9 Å². The Morgan fingerprint density at radius 2 is 1.88 bits per heavy atom. The molecule has 0 radical (unpaired) electrons. The van der Waals surface area contributed by atoms with Gasteiger partial charge >= 0.3 is 0 Å². The van der Waals surface area contributed by atoms with E-state index in [2.05, 4.69) is 52.6 Å². The average molecular weight is 347 g/mol. The maximum absolute atomic E-state index is 6.59. The Bertz CT molecular complexity index is 598. The monoisotopic (exact) mass is 346 g/mol. The molecule has 3 nitrogen and oxygen atoms in total. The molecule has 1 aliphatic heterocycles. The number of methoxy groups -OCH3 is 1. The maximum Gasteiger partial charge on any atom is 0.193 e. The molecule has 0 bridgehead atoms. The topological polar surface area (TPSA) is 27.7 Å². The van der Waals surface area contributed by atoms with Crippen molar-refractivity contribution in [2.24, 2.45) is 0 Å². The molecule has 2 atom stereocenters. The van der Waals surface area contributed by atoms with Crippen LogP contribution < -0.4 is 4.74 Å². The first-order valence-electron chi connectivity index (χ1n) is 8.41. The molecule has 0 amide bonds. The number of rotatable bonds is 5. The lowest BCUT2D eigenvalue weighted by atomic mass is 9.99. The summed E-state index contributed by atoms with van der Waals surface area (Å²) in [6.45, 7) is 15.7. The molecule has 1 aromatic carbocycles. The van der Waals surface area contributed by atoms with E-state index in [9.17, 15) is 0 Å². The fourth-order valence-electron chi connectivity index (χ4n) is 2.44. The molecule has 0 aliphatic carbocycles. The summed E-state index contributed by atoms with van der Waals surface area (Å²) in [6.07, 6.45) is 5.99. The maximum atomic E-state index is 6.59. The Kier molecular flexibility index (Phi) is 5.43. The predicted molar refractivity (Wildman–Crippen MR) is 102 cm³/mol. The lowest BCUT2D eigenvalue weighted by Crippen LogP contribution is -2.51. The van der Waals surface area contributed by atoms with E-state index < -0.39 is 13.9 Å². The molecular weight excluding hydrogens is 316 g/mol. The number of hydrogen-bond donors (Lipinski definition) is 0. The highest BCUT2D eigenvalue weighted by atomic mass is 28.4. The van der Waals surface area contributed by atoms with Crippen LogP contribution in [0, 0.1) is 0 Å². The van der Waals surface area contributed by atoms with Crippen LogP contribution in [0.1, 0.15) is 32.4 Å². The van der Waals surface area contributed by atoms with Gasteiger partial charge in [-0.15, -0.1) is 0 Å². The van der Waals surface area contributed by atoms with E-state index in [0.717, 1.165) is 11.3 Å². The van der Waals surface area contributed by atoms with Gasteiger partial charge in [-0.3, -0.25) is 0 Å². The van der Waals surface area contributed by atoms with Crippen LogP contribution >= 0.6 is 0 Å². The Morgan fingerprint density at radius 1 is 1.25 bits per heavy atom. The van der Waals surface area contributed by atoms with Gasteiger partial charge in [0.15, 0.2) is 8.32 Å². The summed E-state index contributed by atoms with van der Waals surface area (Å²) < 4.78 is 17.9. The van der Waals surface area contributed by atoms with Crippen molar-refractivity contribution >= 4 is 8.32 Å². The normalized spacial score (nSPS) is 24.7. The van der Waals surface area contributed by atoms with Gasteiger partial charge in [-0.1, -0.05) is 51.6 Å². The molecule has 2 rings (SSSR count). The van der Waals surface area contributed by atoms with Crippen molar-refractivity contribution in [1.82, 2.24) is 0 Å².